The summed E-state index contributed by atoms with van der Waals surface area (Å²) in [5.41, 5.74) is 0.837. The van der Waals surface area contributed by atoms with E-state index in [0.717, 1.165) is 31.2 Å². The van der Waals surface area contributed by atoms with Crippen LogP contribution in [-0.4, -0.2) is 11.0 Å². The Bertz CT molecular complexity index is 378. The minimum Gasteiger partial charge on any atom is -0.324 e. The van der Waals surface area contributed by atoms with Crippen molar-refractivity contribution in [2.75, 3.05) is 0 Å². The molecule has 2 unspecified atom stereocenters. The SMILES string of the molecule is CCCCCC(C)OP(=O)(O)Cc1ccccc1. The van der Waals surface area contributed by atoms with Gasteiger partial charge in [-0.25, -0.2) is 0 Å². The topological polar surface area (TPSA) is 46.5 Å². The molecule has 0 aromatic heterocycles. The van der Waals surface area contributed by atoms with Crippen LogP contribution in [0.1, 0.15) is 45.1 Å². The van der Waals surface area contributed by atoms with E-state index in [1.165, 1.54) is 0 Å². The average molecular weight is 270 g/mol. The van der Waals surface area contributed by atoms with Gasteiger partial charge in [-0.3, -0.25) is 4.57 Å². The Morgan fingerprint density at radius 2 is 1.94 bits per heavy atom. The smallest absolute Gasteiger partial charge is 0.324 e. The summed E-state index contributed by atoms with van der Waals surface area (Å²) in [7, 11) is -3.52. The fourth-order valence-corrected chi connectivity index (χ4v) is 3.28. The van der Waals surface area contributed by atoms with Crippen LogP contribution >= 0.6 is 7.60 Å². The molecular formula is C14H23O3P. The number of benzene rings is 1. The average Bonchev–Trinajstić information content (AvgIpc) is 2.29. The summed E-state index contributed by atoms with van der Waals surface area (Å²) in [6, 6.07) is 9.29. The molecule has 0 saturated carbocycles. The van der Waals surface area contributed by atoms with Crippen LogP contribution < -0.4 is 0 Å². The summed E-state index contributed by atoms with van der Waals surface area (Å²) in [4.78, 5) is 9.83. The lowest BCUT2D eigenvalue weighted by molar-refractivity contribution is 0.177. The zero-order chi connectivity index (χ0) is 13.4. The molecule has 0 heterocycles. The molecular weight excluding hydrogens is 247 g/mol. The van der Waals surface area contributed by atoms with E-state index in [1.54, 1.807) is 0 Å². The van der Waals surface area contributed by atoms with Crippen LogP contribution in [0.2, 0.25) is 0 Å². The molecule has 18 heavy (non-hydrogen) atoms. The van der Waals surface area contributed by atoms with Gasteiger partial charge in [0, 0.05) is 0 Å². The first kappa shape index (κ1) is 15.4. The Balaban J connectivity index is 2.41. The predicted octanol–water partition coefficient (Wildman–Crippen LogP) is 4.36. The van der Waals surface area contributed by atoms with Crippen LogP contribution in [0.4, 0.5) is 0 Å². The zero-order valence-corrected chi connectivity index (χ0v) is 12.1. The Morgan fingerprint density at radius 3 is 2.56 bits per heavy atom. The van der Waals surface area contributed by atoms with Gasteiger partial charge in [0.15, 0.2) is 0 Å². The third kappa shape index (κ3) is 6.34. The van der Waals surface area contributed by atoms with Gasteiger partial charge >= 0.3 is 7.60 Å². The van der Waals surface area contributed by atoms with E-state index in [1.807, 2.05) is 37.3 Å². The predicted molar refractivity (Wildman–Crippen MR) is 74.7 cm³/mol. The second-order valence-electron chi connectivity index (χ2n) is 4.69. The summed E-state index contributed by atoms with van der Waals surface area (Å²) in [6.07, 6.45) is 4.11. The fraction of sp³-hybridized carbons (Fsp3) is 0.571. The van der Waals surface area contributed by atoms with Crippen molar-refractivity contribution in [1.29, 1.82) is 0 Å². The van der Waals surface area contributed by atoms with Crippen molar-refractivity contribution < 1.29 is 14.0 Å². The molecule has 0 aliphatic rings. The molecule has 0 amide bonds. The molecule has 1 aromatic carbocycles. The molecule has 0 aliphatic carbocycles. The van der Waals surface area contributed by atoms with Crippen LogP contribution in [0.15, 0.2) is 30.3 Å². The first-order valence-electron chi connectivity index (χ1n) is 6.57. The van der Waals surface area contributed by atoms with E-state index in [-0.39, 0.29) is 12.3 Å². The Kier molecular flexibility index (Phi) is 6.62. The van der Waals surface area contributed by atoms with E-state index in [9.17, 15) is 9.46 Å². The monoisotopic (exact) mass is 270 g/mol. The highest BCUT2D eigenvalue weighted by Gasteiger charge is 2.22. The molecule has 0 bridgehead atoms. The molecule has 1 aromatic rings. The largest absolute Gasteiger partial charge is 0.332 e. The summed E-state index contributed by atoms with van der Waals surface area (Å²) < 4.78 is 17.3. The highest BCUT2D eigenvalue weighted by molar-refractivity contribution is 7.51. The van der Waals surface area contributed by atoms with Crippen LogP contribution in [0.3, 0.4) is 0 Å². The normalized spacial score (nSPS) is 16.2. The van der Waals surface area contributed by atoms with Gasteiger partial charge in [-0.15, -0.1) is 0 Å². The zero-order valence-electron chi connectivity index (χ0n) is 11.2. The summed E-state index contributed by atoms with van der Waals surface area (Å²) in [5.74, 6) is 0. The van der Waals surface area contributed by atoms with Gasteiger partial charge in [0.25, 0.3) is 0 Å². The summed E-state index contributed by atoms with van der Waals surface area (Å²) in [5, 5.41) is 0. The van der Waals surface area contributed by atoms with Gasteiger partial charge in [-0.2, -0.15) is 0 Å². The standard InChI is InChI=1S/C14H23O3P/c1-3-4-6-9-13(2)17-18(15,16)12-14-10-7-5-8-11-14/h5,7-8,10-11,13H,3-4,6,9,12H2,1-2H3,(H,15,16). The molecule has 0 fully saturated rings. The molecule has 1 rings (SSSR count). The van der Waals surface area contributed by atoms with E-state index >= 15 is 0 Å². The molecule has 3 nitrogen and oxygen atoms in total. The molecule has 0 saturated heterocycles. The van der Waals surface area contributed by atoms with E-state index in [0.29, 0.717) is 0 Å². The highest BCUT2D eigenvalue weighted by Crippen LogP contribution is 2.47. The third-order valence-corrected chi connectivity index (χ3v) is 4.24. The molecule has 0 aliphatic heterocycles. The molecule has 4 heteroatoms. The molecule has 0 radical (unpaired) electrons. The van der Waals surface area contributed by atoms with Gasteiger partial charge < -0.3 is 9.42 Å². The minimum absolute atomic E-state index is 0.0892. The van der Waals surface area contributed by atoms with Crippen LogP contribution in [0.25, 0.3) is 0 Å². The van der Waals surface area contributed by atoms with Crippen molar-refractivity contribution >= 4 is 7.60 Å². The fourth-order valence-electron chi connectivity index (χ4n) is 1.87. The van der Waals surface area contributed by atoms with Crippen molar-refractivity contribution in [3.05, 3.63) is 35.9 Å². The third-order valence-electron chi connectivity index (χ3n) is 2.78. The summed E-state index contributed by atoms with van der Waals surface area (Å²) >= 11 is 0. The van der Waals surface area contributed by atoms with Crippen molar-refractivity contribution in [2.45, 2.75) is 51.8 Å². The number of hydrogen-bond donors (Lipinski definition) is 1. The van der Waals surface area contributed by atoms with E-state index in [4.69, 9.17) is 4.52 Å². The first-order chi connectivity index (χ1) is 8.53. The van der Waals surface area contributed by atoms with Gasteiger partial charge in [0.2, 0.25) is 0 Å². The quantitative estimate of drug-likeness (QED) is 0.564. The van der Waals surface area contributed by atoms with Crippen molar-refractivity contribution in [3.8, 4) is 0 Å². The van der Waals surface area contributed by atoms with Crippen LogP contribution in [0.5, 0.6) is 0 Å². The van der Waals surface area contributed by atoms with Crippen molar-refractivity contribution in [1.82, 2.24) is 0 Å². The number of hydrogen-bond acceptors (Lipinski definition) is 2. The maximum atomic E-state index is 12.0. The van der Waals surface area contributed by atoms with Crippen molar-refractivity contribution in [3.63, 3.8) is 0 Å². The van der Waals surface area contributed by atoms with Gasteiger partial charge in [-0.1, -0.05) is 56.5 Å². The lowest BCUT2D eigenvalue weighted by Crippen LogP contribution is -2.07. The lowest BCUT2D eigenvalue weighted by Gasteiger charge is -2.18. The van der Waals surface area contributed by atoms with E-state index < -0.39 is 7.60 Å². The Labute approximate surface area is 110 Å². The molecule has 2 atom stereocenters. The van der Waals surface area contributed by atoms with Crippen molar-refractivity contribution in [2.24, 2.45) is 0 Å². The van der Waals surface area contributed by atoms with Gasteiger partial charge in [0.1, 0.15) is 0 Å². The second kappa shape index (κ2) is 7.73. The molecule has 102 valence electrons. The van der Waals surface area contributed by atoms with Crippen LogP contribution in [-0.2, 0) is 15.3 Å². The maximum absolute atomic E-state index is 12.0. The minimum atomic E-state index is -3.52. The van der Waals surface area contributed by atoms with Gasteiger partial charge in [-0.05, 0) is 18.9 Å². The summed E-state index contributed by atoms with van der Waals surface area (Å²) in [6.45, 7) is 4.00. The van der Waals surface area contributed by atoms with Gasteiger partial charge in [0.05, 0.1) is 12.3 Å². The first-order valence-corrected chi connectivity index (χ1v) is 8.34. The lowest BCUT2D eigenvalue weighted by atomic mass is 10.1. The van der Waals surface area contributed by atoms with E-state index in [2.05, 4.69) is 6.92 Å². The molecule has 1 N–H and O–H groups in total. The number of unbranched alkanes of at least 4 members (excludes halogenated alkanes) is 2. The Hall–Kier alpha value is -0.630. The molecule has 0 spiro atoms. The Morgan fingerprint density at radius 1 is 1.28 bits per heavy atom. The number of rotatable bonds is 8. The van der Waals surface area contributed by atoms with Crippen LogP contribution in [0, 0.1) is 0 Å². The second-order valence-corrected chi connectivity index (χ2v) is 6.49. The highest BCUT2D eigenvalue weighted by atomic mass is 31.2. The maximum Gasteiger partial charge on any atom is 0.332 e.